The highest BCUT2D eigenvalue weighted by atomic mass is 19.1. The highest BCUT2D eigenvalue weighted by molar-refractivity contribution is 4.74. The molecule has 0 aromatic carbocycles. The molecule has 1 aliphatic rings. The van der Waals surface area contributed by atoms with E-state index >= 15 is 0 Å². The van der Waals surface area contributed by atoms with Crippen molar-refractivity contribution in [3.63, 3.8) is 0 Å². The Balaban J connectivity index is 2.30. The fourth-order valence-corrected chi connectivity index (χ4v) is 0.788. The van der Waals surface area contributed by atoms with Crippen molar-refractivity contribution in [1.29, 1.82) is 0 Å². The largest absolute Gasteiger partial charge is 0.378 e. The highest BCUT2D eigenvalue weighted by Gasteiger charge is 2.25. The van der Waals surface area contributed by atoms with E-state index in [1.54, 1.807) is 0 Å². The van der Waals surface area contributed by atoms with E-state index < -0.39 is 6.17 Å². The molecule has 48 valence electrons. The minimum absolute atomic E-state index is 0.0463. The molecule has 2 atom stereocenters. The number of hydrogen-bond donors (Lipinski definition) is 1. The first-order chi connectivity index (χ1) is 3.84. The van der Waals surface area contributed by atoms with Gasteiger partial charge in [0.1, 0.15) is 6.17 Å². The summed E-state index contributed by atoms with van der Waals surface area (Å²) in [5.41, 5.74) is 5.20. The summed E-state index contributed by atoms with van der Waals surface area (Å²) in [6.45, 7) is 1.14. The molecule has 0 spiro atoms. The normalized spacial score (nSPS) is 38.2. The molecule has 0 radical (unpaired) electrons. The number of rotatable bonds is 1. The van der Waals surface area contributed by atoms with E-state index in [-0.39, 0.29) is 12.5 Å². The molecule has 0 aromatic rings. The Labute approximate surface area is 47.8 Å². The van der Waals surface area contributed by atoms with Crippen LogP contribution in [0.1, 0.15) is 0 Å². The molecular weight excluding hydrogens is 109 g/mol. The summed E-state index contributed by atoms with van der Waals surface area (Å²) in [7, 11) is 0. The van der Waals surface area contributed by atoms with Crippen LogP contribution in [0.2, 0.25) is 0 Å². The van der Waals surface area contributed by atoms with Crippen LogP contribution in [-0.2, 0) is 4.74 Å². The van der Waals surface area contributed by atoms with Crippen LogP contribution in [0.15, 0.2) is 0 Å². The lowest BCUT2D eigenvalue weighted by atomic mass is 10.1. The third-order valence-corrected chi connectivity index (χ3v) is 1.42. The number of alkyl halides is 1. The molecule has 0 amide bonds. The molecule has 0 aliphatic carbocycles. The van der Waals surface area contributed by atoms with Gasteiger partial charge in [-0.25, -0.2) is 4.39 Å². The lowest BCUT2D eigenvalue weighted by Gasteiger charge is -2.03. The van der Waals surface area contributed by atoms with Gasteiger partial charge >= 0.3 is 0 Å². The van der Waals surface area contributed by atoms with Gasteiger partial charge < -0.3 is 10.5 Å². The quantitative estimate of drug-likeness (QED) is 0.524. The molecule has 1 fully saturated rings. The Morgan fingerprint density at radius 1 is 1.62 bits per heavy atom. The van der Waals surface area contributed by atoms with E-state index in [4.69, 9.17) is 10.5 Å². The second-order valence-electron chi connectivity index (χ2n) is 2.05. The smallest absolute Gasteiger partial charge is 0.130 e. The second kappa shape index (κ2) is 2.42. The monoisotopic (exact) mass is 119 g/mol. The van der Waals surface area contributed by atoms with Gasteiger partial charge in [-0.15, -0.1) is 0 Å². The summed E-state index contributed by atoms with van der Waals surface area (Å²) in [5, 5.41) is 0. The lowest BCUT2D eigenvalue weighted by molar-refractivity contribution is 0.172. The standard InChI is InChI=1S/C5H10FNO/c6-5-3-8-2-4(5)1-7/h4-5H,1-3,7H2. The number of ether oxygens (including phenoxy) is 1. The predicted molar refractivity (Wildman–Crippen MR) is 28.3 cm³/mol. The molecule has 1 rings (SSSR count). The van der Waals surface area contributed by atoms with Crippen molar-refractivity contribution in [3.8, 4) is 0 Å². The van der Waals surface area contributed by atoms with Crippen molar-refractivity contribution in [2.75, 3.05) is 19.8 Å². The minimum atomic E-state index is -0.819. The highest BCUT2D eigenvalue weighted by Crippen LogP contribution is 2.14. The van der Waals surface area contributed by atoms with Gasteiger partial charge in [0.15, 0.2) is 0 Å². The van der Waals surface area contributed by atoms with Crippen LogP contribution < -0.4 is 5.73 Å². The Hall–Kier alpha value is -0.150. The van der Waals surface area contributed by atoms with E-state index in [0.29, 0.717) is 13.2 Å². The zero-order chi connectivity index (χ0) is 5.98. The van der Waals surface area contributed by atoms with E-state index in [2.05, 4.69) is 0 Å². The summed E-state index contributed by atoms with van der Waals surface area (Å²) in [4.78, 5) is 0. The first-order valence-electron chi connectivity index (χ1n) is 2.76. The van der Waals surface area contributed by atoms with Crippen molar-refractivity contribution in [2.45, 2.75) is 6.17 Å². The predicted octanol–water partition coefficient (Wildman–Crippen LogP) is -0.0704. The zero-order valence-electron chi connectivity index (χ0n) is 4.64. The molecular formula is C5H10FNO. The molecule has 0 bridgehead atoms. The topological polar surface area (TPSA) is 35.2 Å². The van der Waals surface area contributed by atoms with E-state index in [1.165, 1.54) is 0 Å². The maximum absolute atomic E-state index is 12.4. The molecule has 0 aromatic heterocycles. The third-order valence-electron chi connectivity index (χ3n) is 1.42. The van der Waals surface area contributed by atoms with Gasteiger partial charge in [0.2, 0.25) is 0 Å². The molecule has 1 saturated heterocycles. The third kappa shape index (κ3) is 0.980. The van der Waals surface area contributed by atoms with Gasteiger partial charge in [0, 0.05) is 12.5 Å². The summed E-state index contributed by atoms with van der Waals surface area (Å²) < 4.78 is 17.2. The van der Waals surface area contributed by atoms with Gasteiger partial charge in [-0.2, -0.15) is 0 Å². The van der Waals surface area contributed by atoms with Crippen LogP contribution in [0.5, 0.6) is 0 Å². The fourth-order valence-electron chi connectivity index (χ4n) is 0.788. The molecule has 1 heterocycles. The molecule has 1 aliphatic heterocycles. The molecule has 2 unspecified atom stereocenters. The average Bonchev–Trinajstić information content (AvgIpc) is 2.14. The SMILES string of the molecule is NCC1COCC1F. The molecule has 2 N–H and O–H groups in total. The van der Waals surface area contributed by atoms with Crippen LogP contribution in [0.4, 0.5) is 4.39 Å². The Morgan fingerprint density at radius 3 is 2.62 bits per heavy atom. The first-order valence-corrected chi connectivity index (χ1v) is 2.76. The second-order valence-corrected chi connectivity index (χ2v) is 2.05. The number of nitrogens with two attached hydrogens (primary N) is 1. The molecule has 8 heavy (non-hydrogen) atoms. The van der Waals surface area contributed by atoms with E-state index in [9.17, 15) is 4.39 Å². The van der Waals surface area contributed by atoms with Crippen molar-refractivity contribution >= 4 is 0 Å². The Kier molecular flexibility index (Phi) is 1.81. The minimum Gasteiger partial charge on any atom is -0.378 e. The van der Waals surface area contributed by atoms with Crippen molar-refractivity contribution < 1.29 is 9.13 Å². The Morgan fingerprint density at radius 2 is 2.38 bits per heavy atom. The zero-order valence-corrected chi connectivity index (χ0v) is 4.64. The van der Waals surface area contributed by atoms with Crippen molar-refractivity contribution in [1.82, 2.24) is 0 Å². The molecule has 2 nitrogen and oxygen atoms in total. The van der Waals surface area contributed by atoms with E-state index in [0.717, 1.165) is 0 Å². The first kappa shape index (κ1) is 5.98. The summed E-state index contributed by atoms with van der Waals surface area (Å²) >= 11 is 0. The van der Waals surface area contributed by atoms with Crippen LogP contribution in [0.3, 0.4) is 0 Å². The number of halogens is 1. The Bertz CT molecular complexity index is 78.8. The van der Waals surface area contributed by atoms with E-state index in [1.807, 2.05) is 0 Å². The number of hydrogen-bond acceptors (Lipinski definition) is 2. The maximum Gasteiger partial charge on any atom is 0.130 e. The molecule has 0 saturated carbocycles. The van der Waals surface area contributed by atoms with Crippen LogP contribution in [0, 0.1) is 5.92 Å². The maximum atomic E-state index is 12.4. The van der Waals surface area contributed by atoms with Gasteiger partial charge in [-0.1, -0.05) is 0 Å². The van der Waals surface area contributed by atoms with Gasteiger partial charge in [0.05, 0.1) is 13.2 Å². The van der Waals surface area contributed by atoms with Crippen LogP contribution in [-0.4, -0.2) is 25.9 Å². The van der Waals surface area contributed by atoms with Gasteiger partial charge in [-0.3, -0.25) is 0 Å². The summed E-state index contributed by atoms with van der Waals surface area (Å²) in [5.74, 6) is -0.0463. The van der Waals surface area contributed by atoms with Gasteiger partial charge in [-0.05, 0) is 0 Å². The van der Waals surface area contributed by atoms with Crippen molar-refractivity contribution in [2.24, 2.45) is 11.7 Å². The van der Waals surface area contributed by atoms with Crippen LogP contribution in [0.25, 0.3) is 0 Å². The summed E-state index contributed by atoms with van der Waals surface area (Å²) in [6.07, 6.45) is -0.819. The average molecular weight is 119 g/mol. The van der Waals surface area contributed by atoms with Crippen molar-refractivity contribution in [3.05, 3.63) is 0 Å². The molecule has 3 heteroatoms. The lowest BCUT2D eigenvalue weighted by Crippen LogP contribution is -2.22. The fraction of sp³-hybridized carbons (Fsp3) is 1.00. The van der Waals surface area contributed by atoms with Gasteiger partial charge in [0.25, 0.3) is 0 Å². The summed E-state index contributed by atoms with van der Waals surface area (Å²) in [6, 6.07) is 0. The van der Waals surface area contributed by atoms with Crippen LogP contribution >= 0.6 is 0 Å².